The van der Waals surface area contributed by atoms with Gasteiger partial charge < -0.3 is 19.6 Å². The average Bonchev–Trinajstić information content (AvgIpc) is 3.07. The number of halogens is 2. The zero-order valence-electron chi connectivity index (χ0n) is 20.9. The van der Waals surface area contributed by atoms with E-state index in [9.17, 15) is 14.3 Å². The van der Waals surface area contributed by atoms with Gasteiger partial charge in [0.15, 0.2) is 0 Å². The largest absolute Gasteiger partial charge is 0.385 e. The maximum Gasteiger partial charge on any atom is 0.223 e. The number of likely N-dealkylation sites (tertiary alicyclic amines) is 1. The van der Waals surface area contributed by atoms with Gasteiger partial charge in [0.2, 0.25) is 5.91 Å². The molecule has 2 saturated heterocycles. The van der Waals surface area contributed by atoms with Crippen LogP contribution in [0.25, 0.3) is 0 Å². The van der Waals surface area contributed by atoms with Crippen LogP contribution in [0.1, 0.15) is 51.5 Å². The second-order valence-electron chi connectivity index (χ2n) is 10.8. The highest BCUT2D eigenvalue weighted by molar-refractivity contribution is 6.30. The molecule has 1 amide bonds. The summed E-state index contributed by atoms with van der Waals surface area (Å²) in [7, 11) is 0. The van der Waals surface area contributed by atoms with Gasteiger partial charge in [-0.25, -0.2) is 4.39 Å². The van der Waals surface area contributed by atoms with E-state index in [0.29, 0.717) is 63.5 Å². The Labute approximate surface area is 213 Å². The van der Waals surface area contributed by atoms with Gasteiger partial charge in [0.25, 0.3) is 0 Å². The molecule has 35 heavy (non-hydrogen) atoms. The number of amides is 1. The number of alkyl halides is 1. The fraction of sp³-hybridized carbons (Fsp3) is 0.607. The number of allylic oxidation sites excluding steroid dienone is 3. The van der Waals surface area contributed by atoms with Crippen molar-refractivity contribution in [3.05, 3.63) is 58.7 Å². The molecular formula is C28H38ClFN2O3. The summed E-state index contributed by atoms with van der Waals surface area (Å²) in [6.45, 7) is 8.22. The van der Waals surface area contributed by atoms with Crippen molar-refractivity contribution in [2.45, 2.75) is 63.8 Å². The summed E-state index contributed by atoms with van der Waals surface area (Å²) in [5.74, 6) is 0.147. The lowest BCUT2D eigenvalue weighted by atomic mass is 9.66. The number of hydrogen-bond acceptors (Lipinski definition) is 4. The van der Waals surface area contributed by atoms with Gasteiger partial charge in [-0.3, -0.25) is 4.79 Å². The van der Waals surface area contributed by atoms with E-state index in [1.54, 1.807) is 6.08 Å². The van der Waals surface area contributed by atoms with Crippen LogP contribution >= 0.6 is 11.6 Å². The number of aliphatic hydroxyl groups is 1. The molecule has 1 aromatic carbocycles. The van der Waals surface area contributed by atoms with E-state index in [1.165, 1.54) is 0 Å². The molecule has 2 heterocycles. The van der Waals surface area contributed by atoms with Crippen LogP contribution in [0.2, 0.25) is 5.02 Å². The van der Waals surface area contributed by atoms with Gasteiger partial charge >= 0.3 is 0 Å². The van der Waals surface area contributed by atoms with Crippen molar-refractivity contribution in [3.8, 4) is 0 Å². The summed E-state index contributed by atoms with van der Waals surface area (Å²) >= 11 is 6.05. The second-order valence-corrected chi connectivity index (χ2v) is 11.2. The molecule has 1 N–H and O–H groups in total. The summed E-state index contributed by atoms with van der Waals surface area (Å²) in [4.78, 5) is 17.3. The molecule has 0 radical (unpaired) electrons. The van der Waals surface area contributed by atoms with Crippen LogP contribution in [0.5, 0.6) is 0 Å². The summed E-state index contributed by atoms with van der Waals surface area (Å²) in [5, 5.41) is 12.2. The minimum atomic E-state index is -0.933. The molecule has 2 fully saturated rings. The molecule has 7 heteroatoms. The normalized spacial score (nSPS) is 29.5. The lowest BCUT2D eigenvalue weighted by Gasteiger charge is -2.50. The zero-order valence-corrected chi connectivity index (χ0v) is 21.6. The zero-order chi connectivity index (χ0) is 25.1. The van der Waals surface area contributed by atoms with Gasteiger partial charge in [-0.2, -0.15) is 0 Å². The fourth-order valence-corrected chi connectivity index (χ4v) is 5.71. The van der Waals surface area contributed by atoms with Crippen LogP contribution in [-0.2, 0) is 15.1 Å². The molecule has 4 rings (SSSR count). The third kappa shape index (κ3) is 6.34. The number of piperidine rings is 1. The Hall–Kier alpha value is -1.73. The standard InChI is InChI=1S/C28H38ClFN2O3/c1-27(2)20-31(16-13-28(27,34)22-6-8-23(29)9-7-22)15-12-26(33)32-14-3-17-35-25(19-32)18-21-4-10-24(30)11-5-21/h4-10,24-25,34H,3,11-20H2,1-2H3. The van der Waals surface area contributed by atoms with Gasteiger partial charge in [0.05, 0.1) is 11.7 Å². The second kappa shape index (κ2) is 11.1. The Bertz CT molecular complexity index is 948. The molecule has 0 saturated carbocycles. The Balaban J connectivity index is 1.30. The van der Waals surface area contributed by atoms with Crippen LogP contribution < -0.4 is 0 Å². The number of ether oxygens (including phenoxy) is 1. The van der Waals surface area contributed by atoms with Crippen LogP contribution in [0.15, 0.2) is 48.1 Å². The molecule has 0 spiro atoms. The summed E-state index contributed by atoms with van der Waals surface area (Å²) in [5.41, 5.74) is 0.673. The van der Waals surface area contributed by atoms with Crippen molar-refractivity contribution < 1.29 is 19.0 Å². The fourth-order valence-electron chi connectivity index (χ4n) is 5.59. The highest BCUT2D eigenvalue weighted by Crippen LogP contribution is 2.46. The van der Waals surface area contributed by atoms with Crippen molar-refractivity contribution in [2.75, 3.05) is 39.3 Å². The first-order chi connectivity index (χ1) is 16.7. The van der Waals surface area contributed by atoms with Gasteiger partial charge in [0, 0.05) is 69.0 Å². The van der Waals surface area contributed by atoms with Crippen molar-refractivity contribution in [3.63, 3.8) is 0 Å². The number of carbonyl (C=O) groups excluding carboxylic acids is 1. The van der Waals surface area contributed by atoms with Crippen LogP contribution in [0, 0.1) is 5.41 Å². The molecule has 1 aliphatic carbocycles. The van der Waals surface area contributed by atoms with Crippen molar-refractivity contribution >= 4 is 17.5 Å². The highest BCUT2D eigenvalue weighted by Gasteiger charge is 2.48. The maximum absolute atomic E-state index is 13.4. The number of carbonyl (C=O) groups is 1. The van der Waals surface area contributed by atoms with Gasteiger partial charge in [0.1, 0.15) is 6.17 Å². The number of benzene rings is 1. The maximum atomic E-state index is 13.4. The molecule has 2 aliphatic heterocycles. The lowest BCUT2D eigenvalue weighted by molar-refractivity contribution is -0.136. The topological polar surface area (TPSA) is 53.0 Å². The van der Waals surface area contributed by atoms with Crippen LogP contribution in [0.4, 0.5) is 4.39 Å². The quantitative estimate of drug-likeness (QED) is 0.600. The summed E-state index contributed by atoms with van der Waals surface area (Å²) < 4.78 is 19.4. The lowest BCUT2D eigenvalue weighted by Crippen LogP contribution is -2.55. The molecule has 3 unspecified atom stereocenters. The Kier molecular flexibility index (Phi) is 8.37. The molecular weight excluding hydrogens is 467 g/mol. The van der Waals surface area contributed by atoms with E-state index >= 15 is 0 Å². The van der Waals surface area contributed by atoms with Crippen molar-refractivity contribution in [1.29, 1.82) is 0 Å². The minimum Gasteiger partial charge on any atom is -0.385 e. The van der Waals surface area contributed by atoms with Crippen LogP contribution in [0.3, 0.4) is 0 Å². The van der Waals surface area contributed by atoms with Gasteiger partial charge in [-0.15, -0.1) is 0 Å². The molecule has 192 valence electrons. The smallest absolute Gasteiger partial charge is 0.223 e. The van der Waals surface area contributed by atoms with E-state index in [2.05, 4.69) is 18.7 Å². The summed E-state index contributed by atoms with van der Waals surface area (Å²) in [6.07, 6.45) is 7.44. The Morgan fingerprint density at radius 3 is 2.71 bits per heavy atom. The van der Waals surface area contributed by atoms with E-state index in [1.807, 2.05) is 41.3 Å². The summed E-state index contributed by atoms with van der Waals surface area (Å²) in [6, 6.07) is 7.48. The van der Waals surface area contributed by atoms with Gasteiger partial charge in [-0.05, 0) is 36.1 Å². The van der Waals surface area contributed by atoms with E-state index < -0.39 is 11.8 Å². The third-order valence-corrected chi connectivity index (χ3v) is 8.03. The van der Waals surface area contributed by atoms with Crippen molar-refractivity contribution in [2.24, 2.45) is 5.41 Å². The first-order valence-electron chi connectivity index (χ1n) is 12.8. The Morgan fingerprint density at radius 1 is 1.26 bits per heavy atom. The molecule has 3 aliphatic rings. The SMILES string of the molecule is CC1(C)CN(CCC(=O)N2CCCOC(CC3=CCC(F)C=C3)C2)CCC1(O)c1ccc(Cl)cc1. The molecule has 0 aromatic heterocycles. The first-order valence-corrected chi connectivity index (χ1v) is 13.2. The molecule has 5 nitrogen and oxygen atoms in total. The average molecular weight is 505 g/mol. The van der Waals surface area contributed by atoms with E-state index in [0.717, 1.165) is 24.1 Å². The first kappa shape index (κ1) is 26.3. The number of rotatable bonds is 6. The molecule has 0 bridgehead atoms. The molecule has 1 aromatic rings. The predicted octanol–water partition coefficient (Wildman–Crippen LogP) is 4.88. The number of nitrogens with zero attached hydrogens (tertiary/aromatic N) is 2. The molecule has 3 atom stereocenters. The predicted molar refractivity (Wildman–Crippen MR) is 137 cm³/mol. The van der Waals surface area contributed by atoms with Crippen LogP contribution in [-0.4, -0.2) is 72.4 Å². The minimum absolute atomic E-state index is 0.0585. The Morgan fingerprint density at radius 2 is 2.03 bits per heavy atom. The van der Waals surface area contributed by atoms with E-state index in [4.69, 9.17) is 16.3 Å². The third-order valence-electron chi connectivity index (χ3n) is 7.78. The van der Waals surface area contributed by atoms with Gasteiger partial charge in [-0.1, -0.05) is 55.8 Å². The highest BCUT2D eigenvalue weighted by atomic mass is 35.5. The van der Waals surface area contributed by atoms with E-state index in [-0.39, 0.29) is 17.4 Å². The van der Waals surface area contributed by atoms with Crippen molar-refractivity contribution in [1.82, 2.24) is 9.80 Å². The number of hydrogen-bond donors (Lipinski definition) is 1. The monoisotopic (exact) mass is 504 g/mol.